The van der Waals surface area contributed by atoms with E-state index in [2.05, 4.69) is 14.7 Å². The Kier molecular flexibility index (Phi) is 5.08. The molecule has 2 aromatic carbocycles. The lowest BCUT2D eigenvalue weighted by Gasteiger charge is -2.13. The zero-order valence-corrected chi connectivity index (χ0v) is 17.3. The molecule has 2 aromatic heterocycles. The van der Waals surface area contributed by atoms with Gasteiger partial charge < -0.3 is 4.74 Å². The number of anilines is 1. The smallest absolute Gasteiger partial charge is 0.265 e. The third-order valence-electron chi connectivity index (χ3n) is 4.15. The molecule has 10 heteroatoms. The number of sulfonamides is 1. The van der Waals surface area contributed by atoms with Gasteiger partial charge in [-0.25, -0.2) is 18.4 Å². The Morgan fingerprint density at radius 2 is 1.97 bits per heavy atom. The molecule has 29 heavy (non-hydrogen) atoms. The molecule has 148 valence electrons. The maximum atomic E-state index is 12.9. The number of benzene rings is 2. The van der Waals surface area contributed by atoms with Crippen molar-refractivity contribution in [2.75, 3.05) is 11.8 Å². The first kappa shape index (κ1) is 19.5. The first-order valence-corrected chi connectivity index (χ1v) is 10.6. The van der Waals surface area contributed by atoms with E-state index < -0.39 is 10.0 Å². The zero-order chi connectivity index (χ0) is 20.6. The monoisotopic (exact) mass is 448 g/mol. The fraction of sp³-hybridized carbons (Fsp3) is 0.0526. The molecular formula is C19H14Cl2N4O3S. The molecule has 0 aliphatic heterocycles. The highest BCUT2D eigenvalue weighted by molar-refractivity contribution is 7.92. The molecule has 0 aliphatic carbocycles. The van der Waals surface area contributed by atoms with E-state index in [4.69, 9.17) is 27.9 Å². The van der Waals surface area contributed by atoms with Crippen LogP contribution in [-0.2, 0) is 10.0 Å². The Balaban J connectivity index is 1.70. The molecule has 2 heterocycles. The second-order valence-electron chi connectivity index (χ2n) is 6.03. The van der Waals surface area contributed by atoms with Crippen molar-refractivity contribution in [3.63, 3.8) is 0 Å². The van der Waals surface area contributed by atoms with E-state index in [9.17, 15) is 8.42 Å². The van der Waals surface area contributed by atoms with Crippen molar-refractivity contribution >= 4 is 44.7 Å². The van der Waals surface area contributed by atoms with Crippen LogP contribution in [0, 0.1) is 0 Å². The normalized spacial score (nSPS) is 11.6. The first-order valence-electron chi connectivity index (χ1n) is 8.34. The van der Waals surface area contributed by atoms with E-state index in [1.54, 1.807) is 34.9 Å². The molecule has 7 nitrogen and oxygen atoms in total. The molecule has 0 spiro atoms. The van der Waals surface area contributed by atoms with Crippen molar-refractivity contribution < 1.29 is 13.2 Å². The van der Waals surface area contributed by atoms with Crippen molar-refractivity contribution in [2.24, 2.45) is 0 Å². The predicted molar refractivity (Wildman–Crippen MR) is 112 cm³/mol. The SMILES string of the molecule is COc1c(S(=O)(=O)Nc2cccc(-c3cn4cccnc4n3)c2)ccc(Cl)c1Cl. The molecule has 0 saturated heterocycles. The van der Waals surface area contributed by atoms with Crippen LogP contribution in [0.5, 0.6) is 5.75 Å². The highest BCUT2D eigenvalue weighted by Crippen LogP contribution is 2.38. The minimum Gasteiger partial charge on any atom is -0.494 e. The number of halogens is 2. The molecule has 1 N–H and O–H groups in total. The van der Waals surface area contributed by atoms with Crippen molar-refractivity contribution in [3.05, 3.63) is 71.1 Å². The van der Waals surface area contributed by atoms with E-state index in [1.165, 1.54) is 19.2 Å². The molecule has 0 radical (unpaired) electrons. The van der Waals surface area contributed by atoms with E-state index in [0.717, 1.165) is 5.56 Å². The topological polar surface area (TPSA) is 85.6 Å². The third kappa shape index (κ3) is 3.74. The summed E-state index contributed by atoms with van der Waals surface area (Å²) in [7, 11) is -2.65. The second-order valence-corrected chi connectivity index (χ2v) is 8.47. The lowest BCUT2D eigenvalue weighted by Crippen LogP contribution is -2.14. The summed E-state index contributed by atoms with van der Waals surface area (Å²) in [5, 5.41) is 0.230. The number of rotatable bonds is 5. The fourth-order valence-electron chi connectivity index (χ4n) is 2.84. The number of fused-ring (bicyclic) bond motifs is 1. The van der Waals surface area contributed by atoms with Gasteiger partial charge in [-0.15, -0.1) is 0 Å². The molecular weight excluding hydrogens is 435 g/mol. The Hall–Kier alpha value is -2.81. The molecule has 4 rings (SSSR count). The van der Waals surface area contributed by atoms with Crippen molar-refractivity contribution in [1.29, 1.82) is 0 Å². The average Bonchev–Trinajstić information content (AvgIpc) is 3.14. The zero-order valence-electron chi connectivity index (χ0n) is 15.0. The number of ether oxygens (including phenoxy) is 1. The van der Waals surface area contributed by atoms with E-state index in [1.807, 2.05) is 18.5 Å². The standard InChI is InChI=1S/C19H14Cl2N4O3S/c1-28-18-16(7-6-14(20)17(18)21)29(26,27)24-13-5-2-4-12(10-13)15-11-25-9-3-8-22-19(25)23-15/h2-11,24H,1H3. The molecule has 0 fully saturated rings. The summed E-state index contributed by atoms with van der Waals surface area (Å²) in [5.74, 6) is 0.531. The third-order valence-corrected chi connectivity index (χ3v) is 6.35. The Bertz CT molecular complexity index is 1290. The summed E-state index contributed by atoms with van der Waals surface area (Å²) >= 11 is 12.0. The highest BCUT2D eigenvalue weighted by Gasteiger charge is 2.23. The molecule has 4 aromatic rings. The van der Waals surface area contributed by atoms with E-state index in [-0.39, 0.29) is 20.7 Å². The quantitative estimate of drug-likeness (QED) is 0.485. The molecule has 0 saturated carbocycles. The maximum Gasteiger partial charge on any atom is 0.265 e. The molecule has 0 bridgehead atoms. The number of nitrogens with zero attached hydrogens (tertiary/aromatic N) is 3. The van der Waals surface area contributed by atoms with Gasteiger partial charge in [0.15, 0.2) is 5.75 Å². The van der Waals surface area contributed by atoms with Gasteiger partial charge in [-0.05, 0) is 30.3 Å². The molecule has 0 aliphatic rings. The fourth-order valence-corrected chi connectivity index (χ4v) is 4.51. The summed E-state index contributed by atoms with van der Waals surface area (Å²) in [6.45, 7) is 0. The minimum atomic E-state index is -3.97. The molecule has 0 atom stereocenters. The van der Waals surface area contributed by atoms with Crippen LogP contribution < -0.4 is 9.46 Å². The highest BCUT2D eigenvalue weighted by atomic mass is 35.5. The lowest BCUT2D eigenvalue weighted by molar-refractivity contribution is 0.403. The Morgan fingerprint density at radius 1 is 1.14 bits per heavy atom. The summed E-state index contributed by atoms with van der Waals surface area (Å²) < 4.78 is 35.3. The van der Waals surface area contributed by atoms with Crippen LogP contribution in [0.1, 0.15) is 0 Å². The van der Waals surface area contributed by atoms with Crippen LogP contribution in [0.25, 0.3) is 17.0 Å². The van der Waals surface area contributed by atoms with Crippen LogP contribution in [0.2, 0.25) is 10.0 Å². The van der Waals surface area contributed by atoms with Gasteiger partial charge in [-0.2, -0.15) is 0 Å². The minimum absolute atomic E-state index is 0.0192. The number of imidazole rings is 1. The van der Waals surface area contributed by atoms with Gasteiger partial charge in [0.1, 0.15) is 9.92 Å². The maximum absolute atomic E-state index is 12.9. The number of aromatic nitrogens is 3. The van der Waals surface area contributed by atoms with Gasteiger partial charge in [0.05, 0.1) is 17.8 Å². The van der Waals surface area contributed by atoms with Gasteiger partial charge in [0, 0.05) is 29.8 Å². The van der Waals surface area contributed by atoms with Crippen LogP contribution in [0.4, 0.5) is 5.69 Å². The summed E-state index contributed by atoms with van der Waals surface area (Å²) in [6.07, 6.45) is 5.31. The van der Waals surface area contributed by atoms with Crippen LogP contribution in [0.15, 0.2) is 66.0 Å². The van der Waals surface area contributed by atoms with Gasteiger partial charge >= 0.3 is 0 Å². The molecule has 0 amide bonds. The van der Waals surface area contributed by atoms with Crippen LogP contribution >= 0.6 is 23.2 Å². The second kappa shape index (κ2) is 7.55. The van der Waals surface area contributed by atoms with Crippen LogP contribution in [0.3, 0.4) is 0 Å². The summed E-state index contributed by atoms with van der Waals surface area (Å²) in [4.78, 5) is 8.52. The molecule has 0 unspecified atom stereocenters. The summed E-state index contributed by atoms with van der Waals surface area (Å²) in [5.41, 5.74) is 1.76. The van der Waals surface area contributed by atoms with Crippen molar-refractivity contribution in [2.45, 2.75) is 4.90 Å². The number of nitrogens with one attached hydrogen (secondary N) is 1. The first-order chi connectivity index (χ1) is 13.9. The van der Waals surface area contributed by atoms with E-state index >= 15 is 0 Å². The van der Waals surface area contributed by atoms with Gasteiger partial charge in [-0.1, -0.05) is 35.3 Å². The van der Waals surface area contributed by atoms with Gasteiger partial charge in [0.2, 0.25) is 5.78 Å². The van der Waals surface area contributed by atoms with Crippen molar-refractivity contribution in [1.82, 2.24) is 14.4 Å². The van der Waals surface area contributed by atoms with E-state index in [0.29, 0.717) is 17.2 Å². The van der Waals surface area contributed by atoms with Crippen molar-refractivity contribution in [3.8, 4) is 17.0 Å². The largest absolute Gasteiger partial charge is 0.494 e. The Morgan fingerprint density at radius 3 is 2.72 bits per heavy atom. The average molecular weight is 449 g/mol. The van der Waals surface area contributed by atoms with Gasteiger partial charge in [-0.3, -0.25) is 9.12 Å². The Labute approximate surface area is 176 Å². The predicted octanol–water partition coefficient (Wildman–Crippen LogP) is 4.51. The number of hydrogen-bond donors (Lipinski definition) is 1. The lowest BCUT2D eigenvalue weighted by atomic mass is 10.1. The van der Waals surface area contributed by atoms with Crippen LogP contribution in [-0.4, -0.2) is 29.9 Å². The number of hydrogen-bond acceptors (Lipinski definition) is 5. The van der Waals surface area contributed by atoms with Gasteiger partial charge in [0.25, 0.3) is 10.0 Å². The summed E-state index contributed by atoms with van der Waals surface area (Å²) in [6, 6.07) is 11.4. The number of methoxy groups -OCH3 is 1.